The monoisotopic (exact) mass is 353 g/mol. The Kier molecular flexibility index (Phi) is 4.36. The molecule has 0 fully saturated rings. The Bertz CT molecular complexity index is 970. The summed E-state index contributed by atoms with van der Waals surface area (Å²) in [5, 5.41) is 5.15. The number of fused-ring (bicyclic) bond motifs is 1. The Labute approximate surface area is 150 Å². The summed E-state index contributed by atoms with van der Waals surface area (Å²) in [5.74, 6) is 2.59. The highest BCUT2D eigenvalue weighted by Crippen LogP contribution is 2.29. The van der Waals surface area contributed by atoms with E-state index in [1.54, 1.807) is 18.0 Å². The van der Waals surface area contributed by atoms with Crippen molar-refractivity contribution in [1.29, 1.82) is 0 Å². The summed E-state index contributed by atoms with van der Waals surface area (Å²) in [6.07, 6.45) is 1.63. The second-order valence-electron chi connectivity index (χ2n) is 6.34. The van der Waals surface area contributed by atoms with E-state index >= 15 is 0 Å². The lowest BCUT2D eigenvalue weighted by Gasteiger charge is -2.10. The lowest BCUT2D eigenvalue weighted by atomic mass is 10.2. The Balaban J connectivity index is 1.56. The summed E-state index contributed by atoms with van der Waals surface area (Å²) >= 11 is 1.68. The van der Waals surface area contributed by atoms with Crippen LogP contribution in [0.5, 0.6) is 0 Å². The number of hydrogen-bond donors (Lipinski definition) is 0. The van der Waals surface area contributed by atoms with Crippen LogP contribution < -0.4 is 0 Å². The van der Waals surface area contributed by atoms with Crippen molar-refractivity contribution in [2.45, 2.75) is 31.3 Å². The van der Waals surface area contributed by atoms with Crippen LogP contribution in [0.2, 0.25) is 0 Å². The number of rotatable bonds is 6. The summed E-state index contributed by atoms with van der Waals surface area (Å²) < 4.78 is 13.0. The summed E-state index contributed by atoms with van der Waals surface area (Å²) in [6.45, 7) is 5.38. The fourth-order valence-electron chi connectivity index (χ4n) is 2.76. The zero-order chi connectivity index (χ0) is 17.2. The number of aromatic nitrogens is 3. The van der Waals surface area contributed by atoms with Crippen LogP contribution in [0.25, 0.3) is 22.6 Å². The first-order valence-corrected chi connectivity index (χ1v) is 9.27. The molecule has 0 aliphatic rings. The summed E-state index contributed by atoms with van der Waals surface area (Å²) in [4.78, 5) is 4.79. The van der Waals surface area contributed by atoms with E-state index in [9.17, 15) is 0 Å². The van der Waals surface area contributed by atoms with Gasteiger partial charge in [0.25, 0.3) is 0 Å². The number of benzene rings is 1. The van der Waals surface area contributed by atoms with Gasteiger partial charge in [-0.2, -0.15) is 0 Å². The summed E-state index contributed by atoms with van der Waals surface area (Å²) in [6, 6.07) is 13.9. The van der Waals surface area contributed by atoms with E-state index in [1.165, 1.54) is 5.52 Å². The van der Waals surface area contributed by atoms with Crippen LogP contribution >= 0.6 is 11.8 Å². The fourth-order valence-corrected chi connectivity index (χ4v) is 3.66. The topological polar surface area (TPSA) is 57.0 Å². The lowest BCUT2D eigenvalue weighted by molar-refractivity contribution is 0.413. The third-order valence-corrected chi connectivity index (χ3v) is 4.85. The normalized spacial score (nSPS) is 11.6. The van der Waals surface area contributed by atoms with Crippen molar-refractivity contribution < 1.29 is 8.94 Å². The Morgan fingerprint density at radius 2 is 2.00 bits per heavy atom. The van der Waals surface area contributed by atoms with E-state index in [0.29, 0.717) is 23.2 Å². The fraction of sp³-hybridized carbons (Fsp3) is 0.263. The molecule has 0 aliphatic carbocycles. The van der Waals surface area contributed by atoms with Gasteiger partial charge in [0.15, 0.2) is 10.9 Å². The van der Waals surface area contributed by atoms with Crippen LogP contribution in [0.15, 0.2) is 62.8 Å². The van der Waals surface area contributed by atoms with Crippen molar-refractivity contribution in [3.63, 3.8) is 0 Å². The Morgan fingerprint density at radius 1 is 1.12 bits per heavy atom. The first-order chi connectivity index (χ1) is 12.2. The smallest absolute Gasteiger partial charge is 0.202 e. The molecule has 6 heteroatoms. The van der Waals surface area contributed by atoms with Crippen LogP contribution in [-0.4, -0.2) is 14.7 Å². The van der Waals surface area contributed by atoms with Crippen molar-refractivity contribution in [1.82, 2.24) is 14.7 Å². The van der Waals surface area contributed by atoms with Crippen LogP contribution in [0.4, 0.5) is 0 Å². The Hall–Kier alpha value is -2.47. The summed E-state index contributed by atoms with van der Waals surface area (Å²) in [7, 11) is 0. The molecular formula is C19H19N3O2S. The first-order valence-electron chi connectivity index (χ1n) is 8.28. The van der Waals surface area contributed by atoms with E-state index in [0.717, 1.165) is 22.9 Å². The molecule has 3 heterocycles. The maximum absolute atomic E-state index is 5.37. The highest BCUT2D eigenvalue weighted by molar-refractivity contribution is 7.98. The van der Waals surface area contributed by atoms with E-state index in [-0.39, 0.29) is 0 Å². The second kappa shape index (κ2) is 6.80. The van der Waals surface area contributed by atoms with E-state index < -0.39 is 0 Å². The molecule has 4 aromatic rings. The maximum atomic E-state index is 5.37. The number of imidazole rings is 1. The summed E-state index contributed by atoms with van der Waals surface area (Å²) in [5.41, 5.74) is 3.08. The number of nitrogens with zero attached hydrogens (tertiary/aromatic N) is 3. The molecule has 5 nitrogen and oxygen atoms in total. The van der Waals surface area contributed by atoms with Gasteiger partial charge in [-0.3, -0.25) is 0 Å². The molecule has 0 saturated heterocycles. The molecule has 25 heavy (non-hydrogen) atoms. The molecule has 1 aromatic carbocycles. The predicted octanol–water partition coefficient (Wildman–Crippen LogP) is 5.23. The average molecular weight is 353 g/mol. The second-order valence-corrected chi connectivity index (χ2v) is 7.28. The third-order valence-electron chi connectivity index (χ3n) is 3.84. The van der Waals surface area contributed by atoms with Gasteiger partial charge in [-0.05, 0) is 30.2 Å². The van der Waals surface area contributed by atoms with Crippen molar-refractivity contribution in [2.75, 3.05) is 0 Å². The van der Waals surface area contributed by atoms with E-state index in [2.05, 4.69) is 41.8 Å². The molecule has 0 atom stereocenters. The molecule has 0 radical (unpaired) electrons. The van der Waals surface area contributed by atoms with Crippen LogP contribution in [0.3, 0.4) is 0 Å². The SMILES string of the molecule is CC(C)Cn1c(SCc2cc(-c3ccco3)on2)nc2ccccc21. The third kappa shape index (κ3) is 3.35. The minimum atomic E-state index is 0.551. The minimum Gasteiger partial charge on any atom is -0.461 e. The maximum Gasteiger partial charge on any atom is 0.202 e. The minimum absolute atomic E-state index is 0.551. The molecule has 4 rings (SSSR count). The molecular weight excluding hydrogens is 334 g/mol. The zero-order valence-electron chi connectivity index (χ0n) is 14.2. The van der Waals surface area contributed by atoms with Gasteiger partial charge in [-0.25, -0.2) is 4.98 Å². The van der Waals surface area contributed by atoms with Crippen LogP contribution in [-0.2, 0) is 12.3 Å². The van der Waals surface area contributed by atoms with E-state index in [4.69, 9.17) is 13.9 Å². The predicted molar refractivity (Wildman–Crippen MR) is 98.3 cm³/mol. The molecule has 0 aliphatic heterocycles. The molecule has 0 bridgehead atoms. The molecule has 0 unspecified atom stereocenters. The van der Waals surface area contributed by atoms with Gasteiger partial charge in [-0.15, -0.1) is 0 Å². The molecule has 3 aromatic heterocycles. The average Bonchev–Trinajstić information content (AvgIpc) is 3.33. The quantitative estimate of drug-likeness (QED) is 0.444. The number of para-hydroxylation sites is 2. The number of hydrogen-bond acceptors (Lipinski definition) is 5. The lowest BCUT2D eigenvalue weighted by Crippen LogP contribution is -2.05. The van der Waals surface area contributed by atoms with Gasteiger partial charge in [0.05, 0.1) is 23.0 Å². The largest absolute Gasteiger partial charge is 0.461 e. The molecule has 0 spiro atoms. The van der Waals surface area contributed by atoms with Crippen molar-refractivity contribution in [2.24, 2.45) is 5.92 Å². The molecule has 128 valence electrons. The first kappa shape index (κ1) is 16.0. The molecule has 0 saturated carbocycles. The van der Waals surface area contributed by atoms with Crippen LogP contribution in [0, 0.1) is 5.92 Å². The van der Waals surface area contributed by atoms with Gasteiger partial charge >= 0.3 is 0 Å². The highest BCUT2D eigenvalue weighted by atomic mass is 32.2. The van der Waals surface area contributed by atoms with Gasteiger partial charge < -0.3 is 13.5 Å². The van der Waals surface area contributed by atoms with E-state index in [1.807, 2.05) is 24.3 Å². The number of furan rings is 1. The van der Waals surface area contributed by atoms with Gasteiger partial charge in [0, 0.05) is 18.4 Å². The molecule has 0 N–H and O–H groups in total. The Morgan fingerprint density at radius 3 is 2.80 bits per heavy atom. The highest BCUT2D eigenvalue weighted by Gasteiger charge is 2.14. The van der Waals surface area contributed by atoms with Gasteiger partial charge in [-0.1, -0.05) is 42.9 Å². The van der Waals surface area contributed by atoms with Crippen molar-refractivity contribution >= 4 is 22.8 Å². The molecule has 0 amide bonds. The zero-order valence-corrected chi connectivity index (χ0v) is 15.0. The number of thioether (sulfide) groups is 1. The van der Waals surface area contributed by atoms with Gasteiger partial charge in [0.1, 0.15) is 0 Å². The van der Waals surface area contributed by atoms with Crippen LogP contribution in [0.1, 0.15) is 19.5 Å². The van der Waals surface area contributed by atoms with Gasteiger partial charge in [0.2, 0.25) is 5.76 Å². The standard InChI is InChI=1S/C19H19N3O2S/c1-13(2)11-22-16-7-4-3-6-15(16)20-19(22)25-12-14-10-18(24-21-14)17-8-5-9-23-17/h3-10,13H,11-12H2,1-2H3. The van der Waals surface area contributed by atoms with Crippen molar-refractivity contribution in [3.8, 4) is 11.5 Å². The van der Waals surface area contributed by atoms with Crippen molar-refractivity contribution in [3.05, 3.63) is 54.4 Å².